The van der Waals surface area contributed by atoms with E-state index in [1.807, 2.05) is 6.08 Å². The maximum absolute atomic E-state index is 3.74. The van der Waals surface area contributed by atoms with Crippen molar-refractivity contribution in [1.82, 2.24) is 0 Å². The molecule has 20 heavy (non-hydrogen) atoms. The predicted molar refractivity (Wildman–Crippen MR) is 92.1 cm³/mol. The van der Waals surface area contributed by atoms with Crippen LogP contribution in [0.3, 0.4) is 0 Å². The summed E-state index contributed by atoms with van der Waals surface area (Å²) in [5.41, 5.74) is 0.794. The maximum atomic E-state index is 3.74. The summed E-state index contributed by atoms with van der Waals surface area (Å²) in [4.78, 5) is 0. The summed E-state index contributed by atoms with van der Waals surface area (Å²) in [6, 6.07) is 0. The van der Waals surface area contributed by atoms with Gasteiger partial charge in [-0.2, -0.15) is 0 Å². The predicted octanol–water partition coefficient (Wildman–Crippen LogP) is 7.21. The van der Waals surface area contributed by atoms with Crippen molar-refractivity contribution in [3.05, 3.63) is 24.8 Å². The zero-order valence-electron chi connectivity index (χ0n) is 13.8. The van der Waals surface area contributed by atoms with Crippen LogP contribution in [0, 0.1) is 5.41 Å². The molecule has 1 aliphatic rings. The molecule has 0 bridgehead atoms. The van der Waals surface area contributed by atoms with Gasteiger partial charge in [-0.3, -0.25) is 0 Å². The minimum atomic E-state index is 0.794. The van der Waals surface area contributed by atoms with E-state index in [2.05, 4.69) is 25.7 Å². The smallest absolute Gasteiger partial charge is 0.0298 e. The number of rotatable bonds is 13. The van der Waals surface area contributed by atoms with Gasteiger partial charge in [0.15, 0.2) is 0 Å². The van der Waals surface area contributed by atoms with E-state index >= 15 is 0 Å². The zero-order chi connectivity index (χ0) is 14.5. The van der Waals surface area contributed by atoms with Crippen LogP contribution in [-0.4, -0.2) is 0 Å². The summed E-state index contributed by atoms with van der Waals surface area (Å²) in [5, 5.41) is 0. The molecule has 0 saturated heterocycles. The second kappa shape index (κ2) is 11.2. The Morgan fingerprint density at radius 1 is 0.850 bits per heavy atom. The van der Waals surface area contributed by atoms with Crippen molar-refractivity contribution in [1.29, 1.82) is 0 Å². The molecule has 0 nitrogen and oxygen atoms in total. The molecule has 0 amide bonds. The Labute approximate surface area is 127 Å². The summed E-state index contributed by atoms with van der Waals surface area (Å²) in [5.74, 6) is 0. The molecular weight excluding hydrogens is 240 g/mol. The molecule has 0 unspecified atom stereocenters. The largest absolute Gasteiger partial charge is 0.103 e. The first kappa shape index (κ1) is 17.5. The van der Waals surface area contributed by atoms with Gasteiger partial charge in [-0.05, 0) is 56.8 Å². The lowest BCUT2D eigenvalue weighted by molar-refractivity contribution is 0.101. The highest BCUT2D eigenvalue weighted by Crippen LogP contribution is 2.48. The van der Waals surface area contributed by atoms with E-state index in [0.29, 0.717) is 0 Å². The lowest BCUT2D eigenvalue weighted by Gasteiger charge is -2.42. The third-order valence-corrected chi connectivity index (χ3v) is 4.98. The Bertz CT molecular complexity index is 257. The molecule has 0 radical (unpaired) electrons. The van der Waals surface area contributed by atoms with Crippen LogP contribution in [0.5, 0.6) is 0 Å². The van der Waals surface area contributed by atoms with Crippen LogP contribution < -0.4 is 0 Å². The van der Waals surface area contributed by atoms with E-state index in [-0.39, 0.29) is 0 Å². The van der Waals surface area contributed by atoms with Crippen LogP contribution >= 0.6 is 0 Å². The van der Waals surface area contributed by atoms with Gasteiger partial charge in [0.05, 0.1) is 0 Å². The van der Waals surface area contributed by atoms with Crippen molar-refractivity contribution in [2.45, 2.75) is 96.8 Å². The maximum Gasteiger partial charge on any atom is -0.0298 e. The molecule has 0 atom stereocenters. The number of hydrogen-bond donors (Lipinski definition) is 0. The summed E-state index contributed by atoms with van der Waals surface area (Å²) in [6.45, 7) is 6.09. The highest BCUT2D eigenvalue weighted by molar-refractivity contribution is 4.87. The lowest BCUT2D eigenvalue weighted by Crippen LogP contribution is -2.28. The first-order valence-corrected chi connectivity index (χ1v) is 9.09. The van der Waals surface area contributed by atoms with Gasteiger partial charge in [-0.15, -0.1) is 6.58 Å². The second-order valence-corrected chi connectivity index (χ2v) is 6.75. The van der Waals surface area contributed by atoms with Gasteiger partial charge in [0.25, 0.3) is 0 Å². The van der Waals surface area contributed by atoms with Gasteiger partial charge in [0.1, 0.15) is 0 Å². The van der Waals surface area contributed by atoms with Gasteiger partial charge in [0, 0.05) is 0 Å². The standard InChI is InChI=1S/C20H36/c1-3-5-6-7-8-9-10-11-12-13-14-17-20(16-4-2)18-15-19-20/h3,7-8H,1,4-6,9-19H2,2H3/b8-7+. The molecule has 0 aromatic carbocycles. The fraction of sp³-hybridized carbons (Fsp3) is 0.800. The van der Waals surface area contributed by atoms with Gasteiger partial charge in [0.2, 0.25) is 0 Å². The van der Waals surface area contributed by atoms with Crippen LogP contribution in [-0.2, 0) is 0 Å². The molecule has 1 rings (SSSR count). The summed E-state index contributed by atoms with van der Waals surface area (Å²) in [7, 11) is 0. The van der Waals surface area contributed by atoms with Gasteiger partial charge in [-0.1, -0.05) is 63.7 Å². The highest BCUT2D eigenvalue weighted by atomic mass is 14.4. The highest BCUT2D eigenvalue weighted by Gasteiger charge is 2.34. The molecule has 1 fully saturated rings. The molecule has 0 N–H and O–H groups in total. The van der Waals surface area contributed by atoms with Crippen molar-refractivity contribution in [2.75, 3.05) is 0 Å². The number of allylic oxidation sites excluding steroid dienone is 3. The lowest BCUT2D eigenvalue weighted by atomic mass is 9.63. The molecular formula is C20H36. The van der Waals surface area contributed by atoms with Crippen LogP contribution in [0.2, 0.25) is 0 Å². The number of unbranched alkanes of at least 4 members (excludes halogenated alkanes) is 6. The normalized spacial score (nSPS) is 17.2. The van der Waals surface area contributed by atoms with E-state index in [4.69, 9.17) is 0 Å². The van der Waals surface area contributed by atoms with Crippen molar-refractivity contribution in [2.24, 2.45) is 5.41 Å². The summed E-state index contributed by atoms with van der Waals surface area (Å²) < 4.78 is 0. The Balaban J connectivity index is 1.87. The summed E-state index contributed by atoms with van der Waals surface area (Å²) >= 11 is 0. The first-order valence-electron chi connectivity index (χ1n) is 9.09. The quantitative estimate of drug-likeness (QED) is 0.246. The molecule has 0 spiro atoms. The fourth-order valence-corrected chi connectivity index (χ4v) is 3.57. The molecule has 0 heterocycles. The Morgan fingerprint density at radius 2 is 1.55 bits per heavy atom. The molecule has 0 aromatic rings. The minimum Gasteiger partial charge on any atom is -0.103 e. The van der Waals surface area contributed by atoms with E-state index in [1.165, 1.54) is 83.5 Å². The van der Waals surface area contributed by atoms with E-state index in [0.717, 1.165) is 11.8 Å². The molecule has 116 valence electrons. The van der Waals surface area contributed by atoms with Crippen molar-refractivity contribution >= 4 is 0 Å². The van der Waals surface area contributed by atoms with Gasteiger partial charge in [-0.25, -0.2) is 0 Å². The molecule has 0 aliphatic heterocycles. The molecule has 0 aromatic heterocycles. The number of hydrogen-bond acceptors (Lipinski definition) is 0. The minimum absolute atomic E-state index is 0.794. The van der Waals surface area contributed by atoms with Crippen molar-refractivity contribution in [3.63, 3.8) is 0 Å². The van der Waals surface area contributed by atoms with E-state index in [9.17, 15) is 0 Å². The topological polar surface area (TPSA) is 0 Å². The van der Waals surface area contributed by atoms with Crippen LogP contribution in [0.4, 0.5) is 0 Å². The van der Waals surface area contributed by atoms with E-state index < -0.39 is 0 Å². The average Bonchev–Trinajstić information content (AvgIpc) is 2.41. The zero-order valence-corrected chi connectivity index (χ0v) is 13.8. The van der Waals surface area contributed by atoms with Gasteiger partial charge >= 0.3 is 0 Å². The van der Waals surface area contributed by atoms with Crippen LogP contribution in [0.25, 0.3) is 0 Å². The SMILES string of the molecule is C=CCC/C=C/CCCCCCCC1(CCC)CCC1. The Morgan fingerprint density at radius 3 is 2.20 bits per heavy atom. The molecule has 1 aliphatic carbocycles. The van der Waals surface area contributed by atoms with Crippen molar-refractivity contribution < 1.29 is 0 Å². The monoisotopic (exact) mass is 276 g/mol. The van der Waals surface area contributed by atoms with E-state index in [1.54, 1.807) is 0 Å². The van der Waals surface area contributed by atoms with Gasteiger partial charge < -0.3 is 0 Å². The average molecular weight is 277 g/mol. The van der Waals surface area contributed by atoms with Crippen LogP contribution in [0.15, 0.2) is 24.8 Å². The second-order valence-electron chi connectivity index (χ2n) is 6.75. The van der Waals surface area contributed by atoms with Crippen molar-refractivity contribution in [3.8, 4) is 0 Å². The summed E-state index contributed by atoms with van der Waals surface area (Å²) in [6.07, 6.45) is 26.4. The Hall–Kier alpha value is -0.520. The molecule has 1 saturated carbocycles. The van der Waals surface area contributed by atoms with Crippen LogP contribution in [0.1, 0.15) is 96.8 Å². The third-order valence-electron chi connectivity index (χ3n) is 4.98. The molecule has 0 heteroatoms. The Kier molecular flexibility index (Phi) is 9.79. The third kappa shape index (κ3) is 7.31. The fourth-order valence-electron chi connectivity index (χ4n) is 3.57. The first-order chi connectivity index (χ1) is 9.83.